The second-order valence-corrected chi connectivity index (χ2v) is 5.56. The van der Waals surface area contributed by atoms with Crippen molar-refractivity contribution in [3.05, 3.63) is 77.9 Å². The summed E-state index contributed by atoms with van der Waals surface area (Å²) in [5.41, 5.74) is 0.383. The maximum atomic E-state index is 13.5. The number of carbonyl (C=O) groups excluding carboxylic acids is 1. The van der Waals surface area contributed by atoms with Crippen molar-refractivity contribution in [3.63, 3.8) is 0 Å². The lowest BCUT2D eigenvalue weighted by atomic mass is 10.0. The first-order chi connectivity index (χ1) is 12.0. The molecule has 0 aliphatic carbocycles. The first-order valence-electron chi connectivity index (χ1n) is 7.70. The highest BCUT2D eigenvalue weighted by Gasteiger charge is 2.13. The van der Waals surface area contributed by atoms with E-state index in [1.54, 1.807) is 6.07 Å². The number of hydrogen-bond acceptors (Lipinski definition) is 2. The van der Waals surface area contributed by atoms with Crippen LogP contribution in [0.1, 0.15) is 11.7 Å². The van der Waals surface area contributed by atoms with Crippen LogP contribution in [0.3, 0.4) is 0 Å². The molecule has 1 atom stereocenters. The van der Waals surface area contributed by atoms with E-state index in [1.165, 1.54) is 12.1 Å². The molecule has 3 rings (SSSR count). The number of aliphatic hydroxyl groups excluding tert-OH is 1. The van der Waals surface area contributed by atoms with Gasteiger partial charge in [0.25, 0.3) is 0 Å². The fraction of sp³-hybridized carbons (Fsp3) is 0.105. The molecule has 0 radical (unpaired) electrons. The van der Waals surface area contributed by atoms with Gasteiger partial charge < -0.3 is 15.7 Å². The van der Waals surface area contributed by atoms with Crippen LogP contribution in [-0.2, 0) is 0 Å². The van der Waals surface area contributed by atoms with Crippen LogP contribution in [-0.4, -0.2) is 17.7 Å². The van der Waals surface area contributed by atoms with E-state index >= 15 is 0 Å². The smallest absolute Gasteiger partial charge is 0.319 e. The SMILES string of the molecule is O=C(NCC(O)c1ccc2ccccc2c1)Nc1cccc(F)c1F. The Bertz CT molecular complexity index is 915. The molecule has 2 amide bonds. The molecule has 0 aliphatic heterocycles. The van der Waals surface area contributed by atoms with Crippen LogP contribution in [0.5, 0.6) is 0 Å². The van der Waals surface area contributed by atoms with Gasteiger partial charge in [0.1, 0.15) is 0 Å². The Labute approximate surface area is 143 Å². The quantitative estimate of drug-likeness (QED) is 0.672. The Kier molecular flexibility index (Phi) is 4.90. The Morgan fingerprint density at radius 3 is 2.56 bits per heavy atom. The Balaban J connectivity index is 1.61. The highest BCUT2D eigenvalue weighted by atomic mass is 19.2. The molecule has 3 aromatic carbocycles. The monoisotopic (exact) mass is 342 g/mol. The number of rotatable bonds is 4. The van der Waals surface area contributed by atoms with Gasteiger partial charge in [-0.2, -0.15) is 0 Å². The first kappa shape index (κ1) is 16.9. The fourth-order valence-corrected chi connectivity index (χ4v) is 2.49. The van der Waals surface area contributed by atoms with Crippen LogP contribution in [0.25, 0.3) is 10.8 Å². The van der Waals surface area contributed by atoms with Crippen LogP contribution in [0.4, 0.5) is 19.3 Å². The molecule has 0 heterocycles. The van der Waals surface area contributed by atoms with E-state index in [0.29, 0.717) is 5.56 Å². The van der Waals surface area contributed by atoms with Gasteiger partial charge in [0.2, 0.25) is 0 Å². The van der Waals surface area contributed by atoms with Gasteiger partial charge in [-0.05, 0) is 34.5 Å². The average Bonchev–Trinajstić information content (AvgIpc) is 2.63. The summed E-state index contributed by atoms with van der Waals surface area (Å²) in [5, 5.41) is 16.9. The molecule has 0 aliphatic rings. The van der Waals surface area contributed by atoms with Crippen molar-refractivity contribution >= 4 is 22.5 Å². The maximum absolute atomic E-state index is 13.5. The Morgan fingerprint density at radius 2 is 1.76 bits per heavy atom. The number of benzene rings is 3. The van der Waals surface area contributed by atoms with Gasteiger partial charge in [-0.3, -0.25) is 0 Å². The van der Waals surface area contributed by atoms with E-state index in [2.05, 4.69) is 10.6 Å². The van der Waals surface area contributed by atoms with E-state index in [-0.39, 0.29) is 12.2 Å². The van der Waals surface area contributed by atoms with E-state index < -0.39 is 23.8 Å². The molecule has 0 aromatic heterocycles. The summed E-state index contributed by atoms with van der Waals surface area (Å²) in [6.07, 6.45) is -0.923. The number of fused-ring (bicyclic) bond motifs is 1. The molecule has 0 saturated heterocycles. The fourth-order valence-electron chi connectivity index (χ4n) is 2.49. The predicted octanol–water partition coefficient (Wildman–Crippen LogP) is 3.97. The summed E-state index contributed by atoms with van der Waals surface area (Å²) in [6.45, 7) is -0.0683. The molecule has 1 unspecified atom stereocenters. The van der Waals surface area contributed by atoms with Gasteiger partial charge >= 0.3 is 6.03 Å². The van der Waals surface area contributed by atoms with Gasteiger partial charge in [-0.1, -0.05) is 42.5 Å². The molecule has 4 nitrogen and oxygen atoms in total. The van der Waals surface area contributed by atoms with Crippen molar-refractivity contribution in [2.75, 3.05) is 11.9 Å². The minimum absolute atomic E-state index is 0.0683. The van der Waals surface area contributed by atoms with Crippen molar-refractivity contribution in [1.82, 2.24) is 5.32 Å². The highest BCUT2D eigenvalue weighted by molar-refractivity contribution is 5.89. The van der Waals surface area contributed by atoms with Crippen LogP contribution >= 0.6 is 0 Å². The molecule has 6 heteroatoms. The number of aliphatic hydroxyl groups is 1. The topological polar surface area (TPSA) is 61.4 Å². The summed E-state index contributed by atoms with van der Waals surface area (Å²) in [7, 11) is 0. The summed E-state index contributed by atoms with van der Waals surface area (Å²) in [6, 6.07) is 16.0. The number of amides is 2. The third-order valence-corrected chi connectivity index (χ3v) is 3.81. The molecular formula is C19H16F2N2O2. The summed E-state index contributed by atoms with van der Waals surface area (Å²) in [4.78, 5) is 11.8. The van der Waals surface area contributed by atoms with Crippen molar-refractivity contribution in [1.29, 1.82) is 0 Å². The van der Waals surface area contributed by atoms with Crippen LogP contribution in [0.2, 0.25) is 0 Å². The Morgan fingerprint density at radius 1 is 1.00 bits per heavy atom. The van der Waals surface area contributed by atoms with E-state index in [1.807, 2.05) is 36.4 Å². The van der Waals surface area contributed by atoms with Crippen molar-refractivity contribution in [3.8, 4) is 0 Å². The number of halogens is 2. The molecule has 0 fully saturated rings. The summed E-state index contributed by atoms with van der Waals surface area (Å²) < 4.78 is 26.6. The lowest BCUT2D eigenvalue weighted by Gasteiger charge is -2.14. The molecule has 3 aromatic rings. The van der Waals surface area contributed by atoms with Crippen molar-refractivity contribution in [2.24, 2.45) is 0 Å². The number of hydrogen-bond donors (Lipinski definition) is 3. The number of urea groups is 1. The maximum Gasteiger partial charge on any atom is 0.319 e. The molecule has 3 N–H and O–H groups in total. The van der Waals surface area contributed by atoms with E-state index in [9.17, 15) is 18.7 Å². The Hall–Kier alpha value is -2.99. The van der Waals surface area contributed by atoms with Crippen LogP contribution in [0.15, 0.2) is 60.7 Å². The van der Waals surface area contributed by atoms with E-state index in [4.69, 9.17) is 0 Å². The zero-order valence-electron chi connectivity index (χ0n) is 13.2. The third kappa shape index (κ3) is 3.92. The second kappa shape index (κ2) is 7.27. The average molecular weight is 342 g/mol. The molecule has 25 heavy (non-hydrogen) atoms. The van der Waals surface area contributed by atoms with Crippen molar-refractivity contribution < 1.29 is 18.7 Å². The van der Waals surface area contributed by atoms with Crippen LogP contribution < -0.4 is 10.6 Å². The largest absolute Gasteiger partial charge is 0.387 e. The summed E-state index contributed by atoms with van der Waals surface area (Å²) >= 11 is 0. The van der Waals surface area contributed by atoms with Crippen molar-refractivity contribution in [2.45, 2.75) is 6.10 Å². The van der Waals surface area contributed by atoms with E-state index in [0.717, 1.165) is 16.8 Å². The number of carbonyl (C=O) groups is 1. The van der Waals surface area contributed by atoms with Gasteiger partial charge in [-0.15, -0.1) is 0 Å². The van der Waals surface area contributed by atoms with Gasteiger partial charge in [0.05, 0.1) is 11.8 Å². The molecular weight excluding hydrogens is 326 g/mol. The lowest BCUT2D eigenvalue weighted by Crippen LogP contribution is -2.32. The zero-order valence-corrected chi connectivity index (χ0v) is 13.2. The zero-order chi connectivity index (χ0) is 17.8. The molecule has 0 bridgehead atoms. The normalized spacial score (nSPS) is 12.0. The molecule has 128 valence electrons. The number of anilines is 1. The minimum atomic E-state index is -1.13. The number of nitrogens with one attached hydrogen (secondary N) is 2. The molecule has 0 saturated carbocycles. The second-order valence-electron chi connectivity index (χ2n) is 5.56. The van der Waals surface area contributed by atoms with Gasteiger partial charge in [-0.25, -0.2) is 13.6 Å². The first-order valence-corrected chi connectivity index (χ1v) is 7.70. The van der Waals surface area contributed by atoms with Gasteiger partial charge in [0, 0.05) is 6.54 Å². The lowest BCUT2D eigenvalue weighted by molar-refractivity contribution is 0.175. The predicted molar refractivity (Wildman–Crippen MR) is 92.3 cm³/mol. The standard InChI is InChI=1S/C19H16F2N2O2/c20-15-6-3-7-16(18(15)21)23-19(25)22-11-17(24)14-9-8-12-4-1-2-5-13(12)10-14/h1-10,17,24H,11H2,(H2,22,23,25). The summed E-state index contributed by atoms with van der Waals surface area (Å²) in [5.74, 6) is -2.18. The molecule has 0 spiro atoms. The minimum Gasteiger partial charge on any atom is -0.387 e. The third-order valence-electron chi connectivity index (χ3n) is 3.81. The van der Waals surface area contributed by atoms with Gasteiger partial charge in [0.15, 0.2) is 11.6 Å². The van der Waals surface area contributed by atoms with Crippen LogP contribution in [0, 0.1) is 11.6 Å². The highest BCUT2D eigenvalue weighted by Crippen LogP contribution is 2.20.